The highest BCUT2D eigenvalue weighted by molar-refractivity contribution is 7.89. The Morgan fingerprint density at radius 1 is 1.43 bits per heavy atom. The van der Waals surface area contributed by atoms with Crippen LogP contribution in [0.1, 0.15) is 30.8 Å². The van der Waals surface area contributed by atoms with Gasteiger partial charge in [0.1, 0.15) is 5.82 Å². The molecule has 0 saturated heterocycles. The highest BCUT2D eigenvalue weighted by Crippen LogP contribution is 2.29. The first-order chi connectivity index (χ1) is 9.82. The lowest BCUT2D eigenvalue weighted by molar-refractivity contribution is 0.597. The molecule has 1 aromatic carbocycles. The van der Waals surface area contributed by atoms with Gasteiger partial charge in [0.25, 0.3) is 0 Å². The van der Waals surface area contributed by atoms with Crippen molar-refractivity contribution in [1.82, 2.24) is 9.97 Å². The fourth-order valence-corrected chi connectivity index (χ4v) is 3.01. The molecule has 1 atom stereocenters. The number of benzene rings is 1. The molecule has 0 radical (unpaired) electrons. The Bertz CT molecular complexity index is 725. The molecule has 21 heavy (non-hydrogen) atoms. The number of imidazole rings is 1. The molecule has 1 heterocycles. The summed E-state index contributed by atoms with van der Waals surface area (Å²) in [5.41, 5.74) is 7.28. The molecule has 0 amide bonds. The Morgan fingerprint density at radius 2 is 2.14 bits per heavy atom. The van der Waals surface area contributed by atoms with E-state index in [4.69, 9.17) is 10.9 Å². The maximum Gasteiger partial charge on any atom is 0.238 e. The van der Waals surface area contributed by atoms with Crippen molar-refractivity contribution in [3.63, 3.8) is 0 Å². The van der Waals surface area contributed by atoms with E-state index in [1.165, 1.54) is 6.07 Å². The second-order valence-corrected chi connectivity index (χ2v) is 6.35. The van der Waals surface area contributed by atoms with Crippen molar-refractivity contribution in [3.8, 4) is 0 Å². The SMILES string of the molecule is CCC(Nc1cc(N)cc(S(N)(=O)=O)c1C)c1ncc[nH]1. The highest BCUT2D eigenvalue weighted by Gasteiger charge is 2.18. The van der Waals surface area contributed by atoms with Crippen LogP contribution in [-0.4, -0.2) is 18.4 Å². The van der Waals surface area contributed by atoms with Gasteiger partial charge in [0.15, 0.2) is 0 Å². The van der Waals surface area contributed by atoms with Gasteiger partial charge in [-0.05, 0) is 31.0 Å². The quantitative estimate of drug-likeness (QED) is 0.623. The number of primary sulfonamides is 1. The maximum atomic E-state index is 11.6. The van der Waals surface area contributed by atoms with Crippen LogP contribution in [-0.2, 0) is 10.0 Å². The van der Waals surface area contributed by atoms with Crippen LogP contribution in [0.4, 0.5) is 11.4 Å². The van der Waals surface area contributed by atoms with Crippen LogP contribution in [0.5, 0.6) is 0 Å². The van der Waals surface area contributed by atoms with E-state index in [0.717, 1.165) is 12.2 Å². The number of anilines is 2. The fraction of sp³-hybridized carbons (Fsp3) is 0.308. The van der Waals surface area contributed by atoms with Crippen LogP contribution in [0.25, 0.3) is 0 Å². The number of hydrogen-bond acceptors (Lipinski definition) is 5. The number of aromatic nitrogens is 2. The number of nitrogen functional groups attached to an aromatic ring is 1. The highest BCUT2D eigenvalue weighted by atomic mass is 32.2. The van der Waals surface area contributed by atoms with E-state index < -0.39 is 10.0 Å². The zero-order valence-electron chi connectivity index (χ0n) is 11.9. The van der Waals surface area contributed by atoms with Crippen molar-refractivity contribution in [2.24, 2.45) is 5.14 Å². The molecule has 2 rings (SSSR count). The van der Waals surface area contributed by atoms with Crippen LogP contribution >= 0.6 is 0 Å². The third-order valence-corrected chi connectivity index (χ3v) is 4.31. The number of nitrogens with two attached hydrogens (primary N) is 2. The topological polar surface area (TPSA) is 127 Å². The molecule has 6 N–H and O–H groups in total. The van der Waals surface area contributed by atoms with Crippen molar-refractivity contribution in [1.29, 1.82) is 0 Å². The Hall–Kier alpha value is -2.06. The van der Waals surface area contributed by atoms with Gasteiger partial charge in [-0.25, -0.2) is 18.5 Å². The molecular weight excluding hydrogens is 290 g/mol. The number of H-pyrrole nitrogens is 1. The van der Waals surface area contributed by atoms with Crippen molar-refractivity contribution in [2.45, 2.75) is 31.2 Å². The van der Waals surface area contributed by atoms with Crippen LogP contribution in [0, 0.1) is 6.92 Å². The zero-order chi connectivity index (χ0) is 15.6. The summed E-state index contributed by atoms with van der Waals surface area (Å²) in [5, 5.41) is 8.48. The smallest absolute Gasteiger partial charge is 0.238 e. The van der Waals surface area contributed by atoms with Crippen molar-refractivity contribution >= 4 is 21.4 Å². The van der Waals surface area contributed by atoms with E-state index in [0.29, 0.717) is 16.9 Å². The summed E-state index contributed by atoms with van der Waals surface area (Å²) in [6.07, 6.45) is 4.18. The van der Waals surface area contributed by atoms with E-state index in [-0.39, 0.29) is 10.9 Å². The molecule has 7 nitrogen and oxygen atoms in total. The van der Waals surface area contributed by atoms with E-state index >= 15 is 0 Å². The summed E-state index contributed by atoms with van der Waals surface area (Å²) < 4.78 is 23.2. The summed E-state index contributed by atoms with van der Waals surface area (Å²) in [5.74, 6) is 0.775. The standard InChI is InChI=1S/C13H19N5O2S/c1-3-10(13-16-4-5-17-13)18-11-6-9(14)7-12(8(11)2)21(15,19)20/h4-7,10,18H,3,14H2,1-2H3,(H,16,17)(H2,15,19,20). The third kappa shape index (κ3) is 3.34. The lowest BCUT2D eigenvalue weighted by Crippen LogP contribution is -2.17. The zero-order valence-corrected chi connectivity index (χ0v) is 12.7. The normalized spacial score (nSPS) is 13.1. The van der Waals surface area contributed by atoms with Gasteiger partial charge in [0.2, 0.25) is 10.0 Å². The molecule has 0 spiro atoms. The van der Waals surface area contributed by atoms with E-state index in [1.807, 2.05) is 6.92 Å². The predicted molar refractivity (Wildman–Crippen MR) is 82.2 cm³/mol. The molecule has 1 aromatic heterocycles. The van der Waals surface area contributed by atoms with Gasteiger partial charge in [-0.15, -0.1) is 0 Å². The number of nitrogens with zero attached hydrogens (tertiary/aromatic N) is 1. The minimum absolute atomic E-state index is 0.0271. The number of hydrogen-bond donors (Lipinski definition) is 4. The summed E-state index contributed by atoms with van der Waals surface area (Å²) >= 11 is 0. The molecule has 1 unspecified atom stereocenters. The number of sulfonamides is 1. The van der Waals surface area contributed by atoms with E-state index in [1.54, 1.807) is 25.4 Å². The Morgan fingerprint density at radius 3 is 2.67 bits per heavy atom. The molecular formula is C13H19N5O2S. The lowest BCUT2D eigenvalue weighted by Gasteiger charge is -2.19. The first-order valence-electron chi connectivity index (χ1n) is 6.51. The van der Waals surface area contributed by atoms with Gasteiger partial charge >= 0.3 is 0 Å². The fourth-order valence-electron chi connectivity index (χ4n) is 2.17. The molecule has 0 aliphatic rings. The second-order valence-electron chi connectivity index (χ2n) is 4.82. The number of aromatic amines is 1. The third-order valence-electron chi connectivity index (χ3n) is 3.28. The summed E-state index contributed by atoms with van der Waals surface area (Å²) in [6.45, 7) is 3.69. The van der Waals surface area contributed by atoms with Gasteiger partial charge in [-0.1, -0.05) is 6.92 Å². The number of nitrogens with one attached hydrogen (secondary N) is 2. The van der Waals surface area contributed by atoms with E-state index in [2.05, 4.69) is 15.3 Å². The molecule has 8 heteroatoms. The maximum absolute atomic E-state index is 11.6. The average Bonchev–Trinajstić information content (AvgIpc) is 2.91. The minimum atomic E-state index is -3.82. The Balaban J connectivity index is 2.43. The number of rotatable bonds is 5. The van der Waals surface area contributed by atoms with Crippen LogP contribution in [0.15, 0.2) is 29.4 Å². The Kier molecular flexibility index (Phi) is 4.19. The summed E-state index contributed by atoms with van der Waals surface area (Å²) in [4.78, 5) is 7.28. The van der Waals surface area contributed by atoms with Crippen molar-refractivity contribution in [3.05, 3.63) is 35.9 Å². The van der Waals surface area contributed by atoms with Gasteiger partial charge in [-0.2, -0.15) is 0 Å². The summed E-state index contributed by atoms with van der Waals surface area (Å²) in [6, 6.07) is 2.98. The molecule has 0 aliphatic heterocycles. The van der Waals surface area contributed by atoms with Crippen molar-refractivity contribution < 1.29 is 8.42 Å². The molecule has 0 aliphatic carbocycles. The van der Waals surface area contributed by atoms with Gasteiger partial charge in [0, 0.05) is 23.8 Å². The second kappa shape index (κ2) is 5.74. The average molecular weight is 309 g/mol. The molecule has 2 aromatic rings. The lowest BCUT2D eigenvalue weighted by atomic mass is 10.1. The van der Waals surface area contributed by atoms with Crippen molar-refractivity contribution in [2.75, 3.05) is 11.1 Å². The minimum Gasteiger partial charge on any atom is -0.399 e. The monoisotopic (exact) mass is 309 g/mol. The van der Waals surface area contributed by atoms with Gasteiger partial charge < -0.3 is 16.0 Å². The molecule has 0 bridgehead atoms. The summed E-state index contributed by atoms with van der Waals surface area (Å²) in [7, 11) is -3.82. The molecule has 0 saturated carbocycles. The predicted octanol–water partition coefficient (Wildman–Crippen LogP) is 1.51. The first kappa shape index (κ1) is 15.3. The Labute approximate surface area is 123 Å². The molecule has 114 valence electrons. The van der Waals surface area contributed by atoms with E-state index in [9.17, 15) is 8.42 Å². The van der Waals surface area contributed by atoms with Gasteiger partial charge in [-0.3, -0.25) is 0 Å². The van der Waals surface area contributed by atoms with Crippen LogP contribution in [0.3, 0.4) is 0 Å². The van der Waals surface area contributed by atoms with Crippen LogP contribution in [0.2, 0.25) is 0 Å². The largest absolute Gasteiger partial charge is 0.399 e. The van der Waals surface area contributed by atoms with Gasteiger partial charge in [0.05, 0.1) is 10.9 Å². The molecule has 0 fully saturated rings. The van der Waals surface area contributed by atoms with Crippen LogP contribution < -0.4 is 16.2 Å². The first-order valence-corrected chi connectivity index (χ1v) is 8.06.